The minimum absolute atomic E-state index is 0.455. The standard InChI is InChI=1S/C12H14ClNO2S/c1-12(2,17(3,15)16)7-6-9-8-10(14)4-5-11(9)13/h4-5,8H,14H2,1-3H3. The van der Waals surface area contributed by atoms with Crippen LogP contribution in [0.4, 0.5) is 5.69 Å². The number of benzene rings is 1. The molecule has 1 aromatic carbocycles. The first kappa shape index (κ1) is 13.9. The summed E-state index contributed by atoms with van der Waals surface area (Å²) in [5.41, 5.74) is 6.68. The highest BCUT2D eigenvalue weighted by Gasteiger charge is 2.27. The average molecular weight is 272 g/mol. The van der Waals surface area contributed by atoms with Gasteiger partial charge < -0.3 is 5.73 Å². The minimum Gasteiger partial charge on any atom is -0.399 e. The largest absolute Gasteiger partial charge is 0.399 e. The zero-order chi connectivity index (χ0) is 13.3. The Morgan fingerprint density at radius 1 is 1.35 bits per heavy atom. The van der Waals surface area contributed by atoms with Gasteiger partial charge in [-0.25, -0.2) is 8.42 Å². The van der Waals surface area contributed by atoms with Crippen molar-refractivity contribution in [1.29, 1.82) is 0 Å². The average Bonchev–Trinajstić information content (AvgIpc) is 2.18. The Kier molecular flexibility index (Phi) is 3.75. The molecule has 17 heavy (non-hydrogen) atoms. The maximum atomic E-state index is 11.5. The molecular formula is C12H14ClNO2S. The van der Waals surface area contributed by atoms with Gasteiger partial charge >= 0.3 is 0 Å². The van der Waals surface area contributed by atoms with Crippen LogP contribution >= 0.6 is 11.6 Å². The Balaban J connectivity index is 3.21. The molecule has 0 aliphatic heterocycles. The van der Waals surface area contributed by atoms with Crippen LogP contribution in [0, 0.1) is 11.8 Å². The number of sulfone groups is 1. The lowest BCUT2D eigenvalue weighted by atomic mass is 10.1. The van der Waals surface area contributed by atoms with E-state index in [4.69, 9.17) is 17.3 Å². The van der Waals surface area contributed by atoms with Crippen LogP contribution in [0.5, 0.6) is 0 Å². The lowest BCUT2D eigenvalue weighted by molar-refractivity contribution is 0.581. The van der Waals surface area contributed by atoms with Crippen LogP contribution in [0.1, 0.15) is 19.4 Å². The topological polar surface area (TPSA) is 60.2 Å². The van der Waals surface area contributed by atoms with Gasteiger partial charge in [0.05, 0.1) is 5.02 Å². The molecule has 0 amide bonds. The SMILES string of the molecule is CC(C)(C#Cc1cc(N)ccc1Cl)S(C)(=O)=O. The third kappa shape index (κ3) is 3.39. The maximum Gasteiger partial charge on any atom is 0.163 e. The van der Waals surface area contributed by atoms with Gasteiger partial charge in [0.1, 0.15) is 4.75 Å². The fraction of sp³-hybridized carbons (Fsp3) is 0.333. The summed E-state index contributed by atoms with van der Waals surface area (Å²) < 4.78 is 21.8. The predicted octanol–water partition coefficient (Wildman–Crippen LogP) is 2.10. The van der Waals surface area contributed by atoms with Crippen LogP contribution < -0.4 is 5.73 Å². The van der Waals surface area contributed by atoms with Crippen molar-refractivity contribution >= 4 is 27.1 Å². The van der Waals surface area contributed by atoms with Crippen molar-refractivity contribution in [2.45, 2.75) is 18.6 Å². The Morgan fingerprint density at radius 3 is 2.47 bits per heavy atom. The fourth-order valence-corrected chi connectivity index (χ4v) is 1.35. The molecule has 0 fully saturated rings. The molecule has 0 unspecified atom stereocenters. The summed E-state index contributed by atoms with van der Waals surface area (Å²) in [4.78, 5) is 0. The molecule has 0 radical (unpaired) electrons. The summed E-state index contributed by atoms with van der Waals surface area (Å²) in [6.45, 7) is 3.10. The van der Waals surface area contributed by atoms with Gasteiger partial charge in [0.15, 0.2) is 9.84 Å². The molecule has 0 heterocycles. The second kappa shape index (κ2) is 4.59. The molecule has 0 aromatic heterocycles. The van der Waals surface area contributed by atoms with Crippen LogP contribution in [-0.4, -0.2) is 19.4 Å². The lowest BCUT2D eigenvalue weighted by Crippen LogP contribution is -2.28. The third-order valence-corrected chi connectivity index (χ3v) is 4.70. The highest BCUT2D eigenvalue weighted by Crippen LogP contribution is 2.19. The van der Waals surface area contributed by atoms with Gasteiger partial charge in [0.2, 0.25) is 0 Å². The quantitative estimate of drug-likeness (QED) is 0.629. The van der Waals surface area contributed by atoms with E-state index in [2.05, 4.69) is 11.8 Å². The number of anilines is 1. The minimum atomic E-state index is -3.24. The van der Waals surface area contributed by atoms with Crippen molar-refractivity contribution in [3.63, 3.8) is 0 Å². The van der Waals surface area contributed by atoms with E-state index in [1.54, 1.807) is 32.0 Å². The summed E-state index contributed by atoms with van der Waals surface area (Å²) >= 11 is 5.93. The van der Waals surface area contributed by atoms with Crippen molar-refractivity contribution in [1.82, 2.24) is 0 Å². The van der Waals surface area contributed by atoms with E-state index in [0.29, 0.717) is 16.3 Å². The first-order chi connectivity index (χ1) is 7.63. The number of nitrogens with two attached hydrogens (primary N) is 1. The van der Waals surface area contributed by atoms with E-state index >= 15 is 0 Å². The Bertz CT molecular complexity index is 595. The van der Waals surface area contributed by atoms with Crippen molar-refractivity contribution in [3.8, 4) is 11.8 Å². The Morgan fingerprint density at radius 2 is 1.94 bits per heavy atom. The van der Waals surface area contributed by atoms with Crippen molar-refractivity contribution in [2.75, 3.05) is 12.0 Å². The van der Waals surface area contributed by atoms with Gasteiger partial charge in [0, 0.05) is 17.5 Å². The van der Waals surface area contributed by atoms with Crippen LogP contribution in [0.3, 0.4) is 0 Å². The number of hydrogen-bond acceptors (Lipinski definition) is 3. The van der Waals surface area contributed by atoms with Crippen LogP contribution in [0.2, 0.25) is 5.02 Å². The van der Waals surface area contributed by atoms with Gasteiger partial charge in [-0.1, -0.05) is 23.4 Å². The Labute approximate surface area is 107 Å². The molecule has 1 rings (SSSR count). The van der Waals surface area contributed by atoms with Crippen LogP contribution in [-0.2, 0) is 9.84 Å². The van der Waals surface area contributed by atoms with E-state index < -0.39 is 14.6 Å². The normalized spacial score (nSPS) is 11.8. The number of hydrogen-bond donors (Lipinski definition) is 1. The maximum absolute atomic E-state index is 11.5. The smallest absolute Gasteiger partial charge is 0.163 e. The van der Waals surface area contributed by atoms with Gasteiger partial charge in [-0.3, -0.25) is 0 Å². The van der Waals surface area contributed by atoms with E-state index in [-0.39, 0.29) is 0 Å². The van der Waals surface area contributed by atoms with Crippen molar-refractivity contribution in [2.24, 2.45) is 0 Å². The molecule has 0 bridgehead atoms. The second-order valence-corrected chi connectivity index (χ2v) is 7.24. The van der Waals surface area contributed by atoms with Gasteiger partial charge in [-0.2, -0.15) is 0 Å². The van der Waals surface area contributed by atoms with Crippen molar-refractivity contribution < 1.29 is 8.42 Å². The molecule has 3 nitrogen and oxygen atoms in total. The lowest BCUT2D eigenvalue weighted by Gasteiger charge is -2.14. The molecule has 0 saturated heterocycles. The Hall–Kier alpha value is -1.18. The summed E-state index contributed by atoms with van der Waals surface area (Å²) in [7, 11) is -3.24. The van der Waals surface area contributed by atoms with Gasteiger partial charge in [0.25, 0.3) is 0 Å². The van der Waals surface area contributed by atoms with Gasteiger partial charge in [-0.15, -0.1) is 0 Å². The van der Waals surface area contributed by atoms with Gasteiger partial charge in [-0.05, 0) is 32.0 Å². The van der Waals surface area contributed by atoms with Crippen molar-refractivity contribution in [3.05, 3.63) is 28.8 Å². The molecular weight excluding hydrogens is 258 g/mol. The highest BCUT2D eigenvalue weighted by atomic mass is 35.5. The zero-order valence-corrected chi connectivity index (χ0v) is 11.5. The molecule has 92 valence electrons. The number of nitrogen functional groups attached to an aromatic ring is 1. The molecule has 0 saturated carbocycles. The third-order valence-electron chi connectivity index (χ3n) is 2.42. The summed E-state index contributed by atoms with van der Waals surface area (Å²) in [6.07, 6.45) is 1.16. The summed E-state index contributed by atoms with van der Waals surface area (Å²) in [5, 5.41) is 0.455. The summed E-state index contributed by atoms with van der Waals surface area (Å²) in [5.74, 6) is 5.46. The van der Waals surface area contributed by atoms with E-state index in [9.17, 15) is 8.42 Å². The van der Waals surface area contributed by atoms with E-state index in [1.165, 1.54) is 0 Å². The zero-order valence-electron chi connectivity index (χ0n) is 9.91. The van der Waals surface area contributed by atoms with Crippen LogP contribution in [0.25, 0.3) is 0 Å². The molecule has 2 N–H and O–H groups in total. The van der Waals surface area contributed by atoms with E-state index in [0.717, 1.165) is 6.26 Å². The molecule has 0 aliphatic rings. The number of halogens is 1. The van der Waals surface area contributed by atoms with E-state index in [1.807, 2.05) is 0 Å². The molecule has 5 heteroatoms. The molecule has 0 spiro atoms. The molecule has 0 atom stereocenters. The summed E-state index contributed by atoms with van der Waals surface area (Å²) in [6, 6.07) is 4.91. The highest BCUT2D eigenvalue weighted by molar-refractivity contribution is 7.92. The first-order valence-corrected chi connectivity index (χ1v) is 7.18. The monoisotopic (exact) mass is 271 g/mol. The number of rotatable bonds is 1. The fourth-order valence-electron chi connectivity index (χ4n) is 0.949. The van der Waals surface area contributed by atoms with Crippen LogP contribution in [0.15, 0.2) is 18.2 Å². The predicted molar refractivity (Wildman–Crippen MR) is 71.7 cm³/mol. The first-order valence-electron chi connectivity index (χ1n) is 4.91. The molecule has 1 aromatic rings. The molecule has 0 aliphatic carbocycles. The second-order valence-electron chi connectivity index (χ2n) is 4.27.